The number of aromatic nitrogens is 1. The van der Waals surface area contributed by atoms with Gasteiger partial charge in [0.1, 0.15) is 0 Å². The Bertz CT molecular complexity index is 1130. The summed E-state index contributed by atoms with van der Waals surface area (Å²) < 4.78 is 2.05. The highest BCUT2D eigenvalue weighted by Gasteiger charge is 2.04. The zero-order valence-electron chi connectivity index (χ0n) is 14.3. The van der Waals surface area contributed by atoms with Gasteiger partial charge in [-0.1, -0.05) is 30.3 Å². The Hall–Kier alpha value is -3.93. The number of nitro groups is 1. The number of fused-ring (bicyclic) bond motifs is 1. The topological polar surface area (TPSA) is 72.5 Å². The number of hydrogen-bond donors (Lipinski definition) is 1. The molecule has 0 saturated heterocycles. The van der Waals surface area contributed by atoms with Crippen LogP contribution < -0.4 is 5.43 Å². The summed E-state index contributed by atoms with van der Waals surface area (Å²) in [5.41, 5.74) is 5.59. The molecule has 0 spiro atoms. The molecule has 1 aromatic heterocycles. The third-order valence-electron chi connectivity index (χ3n) is 4.26. The van der Waals surface area contributed by atoms with Gasteiger partial charge in [0.2, 0.25) is 0 Å². The molecule has 132 valence electrons. The van der Waals surface area contributed by atoms with Gasteiger partial charge in [-0.3, -0.25) is 15.5 Å². The van der Waals surface area contributed by atoms with E-state index in [2.05, 4.69) is 40.9 Å². The number of hydrazone groups is 1. The van der Waals surface area contributed by atoms with E-state index in [9.17, 15) is 10.1 Å². The Morgan fingerprint density at radius 1 is 0.926 bits per heavy atom. The van der Waals surface area contributed by atoms with Crippen LogP contribution in [0.4, 0.5) is 11.4 Å². The van der Waals surface area contributed by atoms with Crippen molar-refractivity contribution in [3.63, 3.8) is 0 Å². The molecule has 0 aliphatic heterocycles. The number of hydrogen-bond acceptors (Lipinski definition) is 4. The average Bonchev–Trinajstić information content (AvgIpc) is 3.16. The minimum atomic E-state index is -0.427. The van der Waals surface area contributed by atoms with Crippen molar-refractivity contribution >= 4 is 28.4 Å². The smallest absolute Gasteiger partial charge is 0.269 e. The monoisotopic (exact) mass is 356 g/mol. The molecule has 0 unspecified atom stereocenters. The Morgan fingerprint density at radius 2 is 1.70 bits per heavy atom. The van der Waals surface area contributed by atoms with E-state index in [0.29, 0.717) is 5.69 Å². The predicted octanol–water partition coefficient (Wildman–Crippen LogP) is 4.98. The quantitative estimate of drug-likeness (QED) is 0.311. The molecule has 0 aliphatic rings. The minimum absolute atomic E-state index is 0.0507. The van der Waals surface area contributed by atoms with Crippen LogP contribution in [0.2, 0.25) is 0 Å². The van der Waals surface area contributed by atoms with E-state index >= 15 is 0 Å². The summed E-state index contributed by atoms with van der Waals surface area (Å²) in [6.45, 7) is 0. The number of nitro benzene ring substituents is 1. The zero-order valence-corrected chi connectivity index (χ0v) is 14.3. The lowest BCUT2D eigenvalue weighted by Gasteiger charge is -2.08. The fourth-order valence-corrected chi connectivity index (χ4v) is 2.89. The van der Waals surface area contributed by atoms with Crippen LogP contribution in [0.1, 0.15) is 5.69 Å². The van der Waals surface area contributed by atoms with Crippen LogP contribution >= 0.6 is 0 Å². The van der Waals surface area contributed by atoms with Gasteiger partial charge in [-0.25, -0.2) is 0 Å². The van der Waals surface area contributed by atoms with E-state index in [0.717, 1.165) is 11.4 Å². The lowest BCUT2D eigenvalue weighted by Crippen LogP contribution is -1.99. The van der Waals surface area contributed by atoms with Crippen LogP contribution in [0.15, 0.2) is 90.2 Å². The highest BCUT2D eigenvalue weighted by atomic mass is 16.6. The van der Waals surface area contributed by atoms with Crippen molar-refractivity contribution < 1.29 is 4.92 Å². The van der Waals surface area contributed by atoms with Gasteiger partial charge >= 0.3 is 0 Å². The lowest BCUT2D eigenvalue weighted by molar-refractivity contribution is -0.384. The van der Waals surface area contributed by atoms with Crippen molar-refractivity contribution in [1.29, 1.82) is 0 Å². The summed E-state index contributed by atoms with van der Waals surface area (Å²) in [4.78, 5) is 10.3. The van der Waals surface area contributed by atoms with Crippen LogP contribution in [0.3, 0.4) is 0 Å². The van der Waals surface area contributed by atoms with E-state index in [1.54, 1.807) is 18.3 Å². The standard InChI is InChI=1S/C21H16N4O2/c26-25(27)19-11-8-18(9-12-19)23-22-15-21-6-3-13-24(21)20-10-7-16-4-1-2-5-17(16)14-20/h1-15,23H/b22-15+. The second-order valence-corrected chi connectivity index (χ2v) is 6.01. The number of nitrogens with one attached hydrogen (secondary N) is 1. The molecule has 4 rings (SSSR count). The van der Waals surface area contributed by atoms with E-state index in [1.165, 1.54) is 22.9 Å². The number of benzene rings is 3. The van der Waals surface area contributed by atoms with Gasteiger partial charge in [-0.05, 0) is 47.2 Å². The summed E-state index contributed by atoms with van der Waals surface area (Å²) in [5, 5.41) is 17.3. The number of rotatable bonds is 5. The first-order chi connectivity index (χ1) is 13.2. The van der Waals surface area contributed by atoms with Gasteiger partial charge in [-0.15, -0.1) is 0 Å². The maximum atomic E-state index is 10.7. The molecule has 0 fully saturated rings. The first-order valence-corrected chi connectivity index (χ1v) is 8.41. The highest BCUT2D eigenvalue weighted by molar-refractivity contribution is 5.85. The Kier molecular flexibility index (Phi) is 4.37. The molecular weight excluding hydrogens is 340 g/mol. The van der Waals surface area contributed by atoms with Crippen molar-refractivity contribution in [1.82, 2.24) is 4.57 Å². The third-order valence-corrected chi connectivity index (χ3v) is 4.26. The highest BCUT2D eigenvalue weighted by Crippen LogP contribution is 2.20. The second-order valence-electron chi connectivity index (χ2n) is 6.01. The molecule has 0 bridgehead atoms. The van der Waals surface area contributed by atoms with E-state index in [4.69, 9.17) is 0 Å². The maximum absolute atomic E-state index is 10.7. The van der Waals surface area contributed by atoms with Crippen LogP contribution in [-0.4, -0.2) is 15.7 Å². The van der Waals surface area contributed by atoms with E-state index in [-0.39, 0.29) is 5.69 Å². The van der Waals surface area contributed by atoms with Crippen molar-refractivity contribution in [2.24, 2.45) is 5.10 Å². The molecule has 4 aromatic rings. The molecule has 27 heavy (non-hydrogen) atoms. The Morgan fingerprint density at radius 3 is 2.48 bits per heavy atom. The molecule has 0 aliphatic carbocycles. The summed E-state index contributed by atoms with van der Waals surface area (Å²) in [5.74, 6) is 0. The fraction of sp³-hybridized carbons (Fsp3) is 0. The fourth-order valence-electron chi connectivity index (χ4n) is 2.89. The molecule has 1 heterocycles. The molecular formula is C21H16N4O2. The number of anilines is 1. The maximum Gasteiger partial charge on any atom is 0.269 e. The minimum Gasteiger partial charge on any atom is -0.316 e. The summed E-state index contributed by atoms with van der Waals surface area (Å²) in [6.07, 6.45) is 3.70. The second kappa shape index (κ2) is 7.13. The largest absolute Gasteiger partial charge is 0.316 e. The molecule has 6 heteroatoms. The summed E-state index contributed by atoms with van der Waals surface area (Å²) in [7, 11) is 0. The van der Waals surface area contributed by atoms with Gasteiger partial charge in [0.15, 0.2) is 0 Å². The normalized spacial score (nSPS) is 11.1. The number of non-ortho nitro benzene ring substituents is 1. The predicted molar refractivity (Wildman–Crippen MR) is 108 cm³/mol. The van der Waals surface area contributed by atoms with Gasteiger partial charge < -0.3 is 4.57 Å². The SMILES string of the molecule is O=[N+]([O-])c1ccc(N/N=C/c2cccn2-c2ccc3ccccc3c2)cc1. The third kappa shape index (κ3) is 3.55. The van der Waals surface area contributed by atoms with Gasteiger partial charge in [0, 0.05) is 24.0 Å². The molecule has 0 radical (unpaired) electrons. The van der Waals surface area contributed by atoms with E-state index in [1.807, 2.05) is 35.0 Å². The Balaban J connectivity index is 1.54. The molecule has 1 N–H and O–H groups in total. The van der Waals surface area contributed by atoms with Crippen molar-refractivity contribution in [3.8, 4) is 5.69 Å². The Labute approximate surface area is 155 Å². The molecule has 0 atom stereocenters. The van der Waals surface area contributed by atoms with Crippen molar-refractivity contribution in [3.05, 3.63) is 101 Å². The van der Waals surface area contributed by atoms with Crippen molar-refractivity contribution in [2.75, 3.05) is 5.43 Å². The molecule has 0 amide bonds. The lowest BCUT2D eigenvalue weighted by atomic mass is 10.1. The molecule has 0 saturated carbocycles. The van der Waals surface area contributed by atoms with E-state index < -0.39 is 4.92 Å². The van der Waals surface area contributed by atoms with Crippen molar-refractivity contribution in [2.45, 2.75) is 0 Å². The van der Waals surface area contributed by atoms with Crippen LogP contribution in [0.25, 0.3) is 16.5 Å². The number of nitrogens with zero attached hydrogens (tertiary/aromatic N) is 3. The molecule has 6 nitrogen and oxygen atoms in total. The van der Waals surface area contributed by atoms with Gasteiger partial charge in [-0.2, -0.15) is 5.10 Å². The van der Waals surface area contributed by atoms with Crippen LogP contribution in [0, 0.1) is 10.1 Å². The van der Waals surface area contributed by atoms with Crippen LogP contribution in [0.5, 0.6) is 0 Å². The summed E-state index contributed by atoms with van der Waals surface area (Å²) >= 11 is 0. The first-order valence-electron chi connectivity index (χ1n) is 8.41. The average molecular weight is 356 g/mol. The molecule has 3 aromatic carbocycles. The van der Waals surface area contributed by atoms with Gasteiger partial charge in [0.05, 0.1) is 22.5 Å². The van der Waals surface area contributed by atoms with Gasteiger partial charge in [0.25, 0.3) is 5.69 Å². The summed E-state index contributed by atoms with van der Waals surface area (Å²) in [6, 6.07) is 24.6. The zero-order chi connectivity index (χ0) is 18.6. The first kappa shape index (κ1) is 16.5. The van der Waals surface area contributed by atoms with Crippen LogP contribution in [-0.2, 0) is 0 Å².